The lowest BCUT2D eigenvalue weighted by atomic mass is 9.83. The van der Waals surface area contributed by atoms with E-state index in [1.54, 1.807) is 0 Å². The van der Waals surface area contributed by atoms with E-state index in [0.29, 0.717) is 18.5 Å². The summed E-state index contributed by atoms with van der Waals surface area (Å²) in [7, 11) is 0. The number of carbonyl (C=O) groups is 1. The van der Waals surface area contributed by atoms with Crippen molar-refractivity contribution in [3.8, 4) is 0 Å². The molecule has 19 heavy (non-hydrogen) atoms. The van der Waals surface area contributed by atoms with Gasteiger partial charge in [-0.3, -0.25) is 4.79 Å². The third kappa shape index (κ3) is 7.56. The van der Waals surface area contributed by atoms with E-state index in [2.05, 4.69) is 31.4 Å². The average Bonchev–Trinajstić information content (AvgIpc) is 2.38. The van der Waals surface area contributed by atoms with Gasteiger partial charge in [-0.05, 0) is 43.9 Å². The van der Waals surface area contributed by atoms with E-state index in [-0.39, 0.29) is 5.91 Å². The van der Waals surface area contributed by atoms with Crippen molar-refractivity contribution in [3.63, 3.8) is 0 Å². The molecule has 3 nitrogen and oxygen atoms in total. The highest BCUT2D eigenvalue weighted by atomic mass is 16.1. The van der Waals surface area contributed by atoms with Crippen molar-refractivity contribution >= 4 is 5.91 Å². The lowest BCUT2D eigenvalue weighted by Gasteiger charge is -2.28. The number of hydrogen-bond donors (Lipinski definition) is 2. The first-order valence-electron chi connectivity index (χ1n) is 8.11. The SMILES string of the molecule is CCCC1CCC(NCC(=O)NCCC(C)C)CC1. The Morgan fingerprint density at radius 1 is 1.21 bits per heavy atom. The van der Waals surface area contributed by atoms with Gasteiger partial charge in [0.05, 0.1) is 6.54 Å². The van der Waals surface area contributed by atoms with Gasteiger partial charge in [0, 0.05) is 12.6 Å². The Labute approximate surface area is 118 Å². The third-order valence-electron chi connectivity index (χ3n) is 4.14. The molecule has 0 spiro atoms. The van der Waals surface area contributed by atoms with Crippen LogP contribution in [0.1, 0.15) is 65.7 Å². The molecule has 3 heteroatoms. The molecule has 112 valence electrons. The van der Waals surface area contributed by atoms with Crippen LogP contribution in [0.25, 0.3) is 0 Å². The van der Waals surface area contributed by atoms with E-state index in [9.17, 15) is 4.79 Å². The number of nitrogens with one attached hydrogen (secondary N) is 2. The largest absolute Gasteiger partial charge is 0.355 e. The molecule has 0 radical (unpaired) electrons. The van der Waals surface area contributed by atoms with Gasteiger partial charge in [0.15, 0.2) is 0 Å². The summed E-state index contributed by atoms with van der Waals surface area (Å²) in [6, 6.07) is 0.559. The molecule has 0 saturated heterocycles. The lowest BCUT2D eigenvalue weighted by molar-refractivity contribution is -0.120. The molecule has 1 amide bonds. The van der Waals surface area contributed by atoms with Crippen molar-refractivity contribution in [3.05, 3.63) is 0 Å². The fraction of sp³-hybridized carbons (Fsp3) is 0.938. The van der Waals surface area contributed by atoms with Crippen molar-refractivity contribution in [1.29, 1.82) is 0 Å². The van der Waals surface area contributed by atoms with Crippen LogP contribution >= 0.6 is 0 Å². The Balaban J connectivity index is 2.05. The van der Waals surface area contributed by atoms with Crippen molar-refractivity contribution < 1.29 is 4.79 Å². The minimum absolute atomic E-state index is 0.149. The van der Waals surface area contributed by atoms with Crippen molar-refractivity contribution in [2.45, 2.75) is 71.8 Å². The van der Waals surface area contributed by atoms with Gasteiger partial charge in [-0.2, -0.15) is 0 Å². The second-order valence-electron chi connectivity index (χ2n) is 6.42. The highest BCUT2D eigenvalue weighted by Crippen LogP contribution is 2.27. The number of hydrogen-bond acceptors (Lipinski definition) is 2. The van der Waals surface area contributed by atoms with Crippen LogP contribution in [0.15, 0.2) is 0 Å². The Kier molecular flexibility index (Phi) is 8.11. The molecule has 0 atom stereocenters. The molecule has 2 N–H and O–H groups in total. The van der Waals surface area contributed by atoms with Crippen LogP contribution in [0, 0.1) is 11.8 Å². The van der Waals surface area contributed by atoms with E-state index < -0.39 is 0 Å². The van der Waals surface area contributed by atoms with Crippen LogP contribution in [-0.2, 0) is 4.79 Å². The van der Waals surface area contributed by atoms with Crippen molar-refractivity contribution in [1.82, 2.24) is 10.6 Å². The second-order valence-corrected chi connectivity index (χ2v) is 6.42. The van der Waals surface area contributed by atoms with Crippen LogP contribution in [0.2, 0.25) is 0 Å². The molecule has 0 aromatic heterocycles. The maximum Gasteiger partial charge on any atom is 0.233 e. The molecule has 0 aliphatic heterocycles. The van der Waals surface area contributed by atoms with E-state index in [1.165, 1.54) is 38.5 Å². The van der Waals surface area contributed by atoms with Crippen LogP contribution in [0.3, 0.4) is 0 Å². The number of carbonyl (C=O) groups excluding carboxylic acids is 1. The average molecular weight is 268 g/mol. The Morgan fingerprint density at radius 3 is 2.47 bits per heavy atom. The molecule has 0 unspecified atom stereocenters. The first-order chi connectivity index (χ1) is 9.11. The quantitative estimate of drug-likeness (QED) is 0.710. The normalized spacial score (nSPS) is 23.6. The summed E-state index contributed by atoms with van der Waals surface area (Å²) >= 11 is 0. The summed E-state index contributed by atoms with van der Waals surface area (Å²) in [4.78, 5) is 11.7. The molecular formula is C16H32N2O. The molecular weight excluding hydrogens is 236 g/mol. The van der Waals surface area contributed by atoms with E-state index in [4.69, 9.17) is 0 Å². The molecule has 1 fully saturated rings. The molecule has 1 aliphatic rings. The fourth-order valence-corrected chi connectivity index (χ4v) is 2.86. The van der Waals surface area contributed by atoms with Crippen molar-refractivity contribution in [2.24, 2.45) is 11.8 Å². The van der Waals surface area contributed by atoms with Gasteiger partial charge in [-0.15, -0.1) is 0 Å². The van der Waals surface area contributed by atoms with Crippen LogP contribution in [0.4, 0.5) is 0 Å². The van der Waals surface area contributed by atoms with E-state index in [0.717, 1.165) is 18.9 Å². The molecule has 1 saturated carbocycles. The topological polar surface area (TPSA) is 41.1 Å². The zero-order valence-corrected chi connectivity index (χ0v) is 13.0. The molecule has 0 heterocycles. The molecule has 1 aliphatic carbocycles. The van der Waals surface area contributed by atoms with Crippen LogP contribution < -0.4 is 10.6 Å². The van der Waals surface area contributed by atoms with E-state index in [1.807, 2.05) is 0 Å². The van der Waals surface area contributed by atoms with Gasteiger partial charge >= 0.3 is 0 Å². The van der Waals surface area contributed by atoms with Crippen molar-refractivity contribution in [2.75, 3.05) is 13.1 Å². The predicted octanol–water partition coefficient (Wildman–Crippen LogP) is 3.10. The van der Waals surface area contributed by atoms with Gasteiger partial charge in [0.2, 0.25) is 5.91 Å². The first kappa shape index (κ1) is 16.5. The predicted molar refractivity (Wildman–Crippen MR) is 81.1 cm³/mol. The zero-order valence-electron chi connectivity index (χ0n) is 13.0. The number of amides is 1. The first-order valence-corrected chi connectivity index (χ1v) is 8.11. The molecule has 0 aromatic rings. The Hall–Kier alpha value is -0.570. The highest BCUT2D eigenvalue weighted by molar-refractivity contribution is 5.77. The van der Waals surface area contributed by atoms with Gasteiger partial charge in [-0.25, -0.2) is 0 Å². The Bertz CT molecular complexity index is 245. The minimum atomic E-state index is 0.149. The fourth-order valence-electron chi connectivity index (χ4n) is 2.86. The maximum absolute atomic E-state index is 11.7. The van der Waals surface area contributed by atoms with Gasteiger partial charge < -0.3 is 10.6 Å². The summed E-state index contributed by atoms with van der Waals surface area (Å²) in [6.45, 7) is 7.92. The molecule has 0 bridgehead atoms. The van der Waals surface area contributed by atoms with Crippen LogP contribution in [0.5, 0.6) is 0 Å². The zero-order chi connectivity index (χ0) is 14.1. The monoisotopic (exact) mass is 268 g/mol. The summed E-state index contributed by atoms with van der Waals surface area (Å²) in [5, 5.41) is 6.39. The van der Waals surface area contributed by atoms with E-state index >= 15 is 0 Å². The van der Waals surface area contributed by atoms with Gasteiger partial charge in [0.1, 0.15) is 0 Å². The summed E-state index contributed by atoms with van der Waals surface area (Å²) in [5.74, 6) is 1.74. The highest BCUT2D eigenvalue weighted by Gasteiger charge is 2.20. The number of rotatable bonds is 8. The minimum Gasteiger partial charge on any atom is -0.355 e. The van der Waals surface area contributed by atoms with Crippen LogP contribution in [-0.4, -0.2) is 25.0 Å². The Morgan fingerprint density at radius 2 is 1.89 bits per heavy atom. The maximum atomic E-state index is 11.7. The smallest absolute Gasteiger partial charge is 0.233 e. The summed E-state index contributed by atoms with van der Waals surface area (Å²) in [6.07, 6.45) is 8.89. The molecule has 1 rings (SSSR count). The van der Waals surface area contributed by atoms with Gasteiger partial charge in [-0.1, -0.05) is 33.6 Å². The third-order valence-corrected chi connectivity index (χ3v) is 4.14. The van der Waals surface area contributed by atoms with Gasteiger partial charge in [0.25, 0.3) is 0 Å². The summed E-state index contributed by atoms with van der Waals surface area (Å²) in [5.41, 5.74) is 0. The lowest BCUT2D eigenvalue weighted by Crippen LogP contribution is -2.41. The second kappa shape index (κ2) is 9.35. The standard InChI is InChI=1S/C16H32N2O/c1-4-5-14-6-8-15(9-7-14)18-12-16(19)17-11-10-13(2)3/h13-15,18H,4-12H2,1-3H3,(H,17,19). The summed E-state index contributed by atoms with van der Waals surface area (Å²) < 4.78 is 0. The molecule has 0 aromatic carbocycles.